The maximum atomic E-state index is 12.0. The third kappa shape index (κ3) is 4.79. The van der Waals surface area contributed by atoms with Crippen molar-refractivity contribution in [2.24, 2.45) is 0 Å². The van der Waals surface area contributed by atoms with Gasteiger partial charge in [-0.25, -0.2) is 0 Å². The van der Waals surface area contributed by atoms with E-state index in [-0.39, 0.29) is 0 Å². The second kappa shape index (κ2) is 7.88. The van der Waals surface area contributed by atoms with Gasteiger partial charge in [0.2, 0.25) is 5.91 Å². The lowest BCUT2D eigenvalue weighted by Gasteiger charge is -2.34. The number of rotatable bonds is 6. The Morgan fingerprint density at radius 2 is 2.05 bits per heavy atom. The van der Waals surface area contributed by atoms with Crippen LogP contribution in [-0.4, -0.2) is 47.8 Å². The van der Waals surface area contributed by atoms with E-state index in [1.807, 2.05) is 4.90 Å². The van der Waals surface area contributed by atoms with Gasteiger partial charge < -0.3 is 4.90 Å². The Hall–Kier alpha value is -0.580. The number of carbonyl (C=O) groups is 1. The molecule has 0 aromatic carbocycles. The molecule has 0 aliphatic carbocycles. The molecule has 1 aliphatic rings. The zero-order valence-electron chi connectivity index (χ0n) is 11.2. The number of alkyl halides is 1. The molecule has 5 heteroatoms. The van der Waals surface area contributed by atoms with Crippen molar-refractivity contribution in [3.05, 3.63) is 22.4 Å². The maximum Gasteiger partial charge on any atom is 0.222 e. The van der Waals surface area contributed by atoms with Crippen LogP contribution in [0.15, 0.2) is 16.8 Å². The first-order valence-electron chi connectivity index (χ1n) is 6.87. The van der Waals surface area contributed by atoms with E-state index in [0.717, 1.165) is 45.6 Å². The minimum atomic E-state index is 0.292. The summed E-state index contributed by atoms with van der Waals surface area (Å²) in [5, 5.41) is 4.32. The first kappa shape index (κ1) is 14.8. The second-order valence-corrected chi connectivity index (χ2v) is 6.09. The van der Waals surface area contributed by atoms with Gasteiger partial charge in [-0.15, -0.1) is 11.6 Å². The lowest BCUT2D eigenvalue weighted by molar-refractivity contribution is -0.133. The van der Waals surface area contributed by atoms with Gasteiger partial charge in [0.25, 0.3) is 0 Å². The molecule has 0 saturated carbocycles. The molecule has 0 spiro atoms. The molecular formula is C14H21ClN2OS. The van der Waals surface area contributed by atoms with Gasteiger partial charge in [0.05, 0.1) is 0 Å². The molecule has 0 unspecified atom stereocenters. The van der Waals surface area contributed by atoms with Crippen LogP contribution in [0.3, 0.4) is 0 Å². The van der Waals surface area contributed by atoms with Gasteiger partial charge in [-0.05, 0) is 35.2 Å². The van der Waals surface area contributed by atoms with E-state index in [0.29, 0.717) is 18.2 Å². The predicted molar refractivity (Wildman–Crippen MR) is 80.7 cm³/mol. The average Bonchev–Trinajstić information content (AvgIpc) is 2.93. The van der Waals surface area contributed by atoms with E-state index in [1.54, 1.807) is 11.3 Å². The van der Waals surface area contributed by atoms with E-state index >= 15 is 0 Å². The van der Waals surface area contributed by atoms with E-state index in [4.69, 9.17) is 11.6 Å². The second-order valence-electron chi connectivity index (χ2n) is 4.93. The number of nitrogens with zero attached hydrogens (tertiary/aromatic N) is 2. The Morgan fingerprint density at radius 1 is 1.26 bits per heavy atom. The van der Waals surface area contributed by atoms with Crippen molar-refractivity contribution in [2.75, 3.05) is 32.1 Å². The van der Waals surface area contributed by atoms with Gasteiger partial charge in [-0.3, -0.25) is 9.69 Å². The van der Waals surface area contributed by atoms with Gasteiger partial charge in [0.15, 0.2) is 0 Å². The number of hydrogen-bond acceptors (Lipinski definition) is 3. The average molecular weight is 301 g/mol. The normalized spacial score (nSPS) is 16.8. The van der Waals surface area contributed by atoms with Crippen LogP contribution >= 0.6 is 22.9 Å². The number of piperazine rings is 1. The Morgan fingerprint density at radius 3 is 2.68 bits per heavy atom. The summed E-state index contributed by atoms with van der Waals surface area (Å²) < 4.78 is 0. The monoisotopic (exact) mass is 300 g/mol. The number of hydrogen-bond donors (Lipinski definition) is 0. The SMILES string of the molecule is O=C(CCCCCl)N1CCN(Cc2ccsc2)CC1. The van der Waals surface area contributed by atoms with Crippen LogP contribution < -0.4 is 0 Å². The quantitative estimate of drug-likeness (QED) is 0.596. The first-order chi connectivity index (χ1) is 9.29. The summed E-state index contributed by atoms with van der Waals surface area (Å²) in [4.78, 5) is 16.4. The highest BCUT2D eigenvalue weighted by Crippen LogP contribution is 2.12. The van der Waals surface area contributed by atoms with Crippen molar-refractivity contribution < 1.29 is 4.79 Å². The molecule has 19 heavy (non-hydrogen) atoms. The summed E-state index contributed by atoms with van der Waals surface area (Å²) in [7, 11) is 0. The molecule has 2 heterocycles. The minimum Gasteiger partial charge on any atom is -0.340 e. The molecule has 0 bridgehead atoms. The molecule has 2 rings (SSSR count). The molecule has 1 aliphatic heterocycles. The van der Waals surface area contributed by atoms with Crippen LogP contribution in [0, 0.1) is 0 Å². The third-order valence-corrected chi connectivity index (χ3v) is 4.48. The minimum absolute atomic E-state index is 0.292. The van der Waals surface area contributed by atoms with Crippen molar-refractivity contribution >= 4 is 28.8 Å². The Balaban J connectivity index is 1.68. The standard InChI is InChI=1S/C14H21ClN2OS/c15-5-2-1-3-14(18)17-8-6-16(7-9-17)11-13-4-10-19-12-13/h4,10,12H,1-3,5-9,11H2. The Kier molecular flexibility index (Phi) is 6.14. The first-order valence-corrected chi connectivity index (χ1v) is 8.34. The fourth-order valence-electron chi connectivity index (χ4n) is 2.33. The van der Waals surface area contributed by atoms with Crippen LogP contribution in [0.25, 0.3) is 0 Å². The van der Waals surface area contributed by atoms with Crippen LogP contribution in [0.1, 0.15) is 24.8 Å². The highest BCUT2D eigenvalue weighted by atomic mass is 35.5. The fraction of sp³-hybridized carbons (Fsp3) is 0.643. The van der Waals surface area contributed by atoms with Gasteiger partial charge in [-0.2, -0.15) is 11.3 Å². The number of carbonyl (C=O) groups excluding carboxylic acids is 1. The molecule has 1 saturated heterocycles. The summed E-state index contributed by atoms with van der Waals surface area (Å²) in [6, 6.07) is 2.17. The molecule has 1 amide bonds. The number of amides is 1. The highest BCUT2D eigenvalue weighted by Gasteiger charge is 2.20. The van der Waals surface area contributed by atoms with Crippen molar-refractivity contribution in [3.63, 3.8) is 0 Å². The zero-order valence-corrected chi connectivity index (χ0v) is 12.8. The summed E-state index contributed by atoms with van der Waals surface area (Å²) in [5.74, 6) is 0.946. The van der Waals surface area contributed by atoms with Crippen LogP contribution in [-0.2, 0) is 11.3 Å². The van der Waals surface area contributed by atoms with E-state index in [2.05, 4.69) is 21.7 Å². The maximum absolute atomic E-state index is 12.0. The smallest absolute Gasteiger partial charge is 0.222 e. The molecule has 3 nitrogen and oxygen atoms in total. The molecule has 1 aromatic heterocycles. The summed E-state index contributed by atoms with van der Waals surface area (Å²) in [6.07, 6.45) is 2.50. The molecular weight excluding hydrogens is 280 g/mol. The molecule has 0 atom stereocenters. The summed E-state index contributed by atoms with van der Waals surface area (Å²) >= 11 is 7.37. The molecule has 1 fully saturated rings. The topological polar surface area (TPSA) is 23.6 Å². The van der Waals surface area contributed by atoms with Gasteiger partial charge in [0.1, 0.15) is 0 Å². The van der Waals surface area contributed by atoms with Crippen LogP contribution in [0.5, 0.6) is 0 Å². The Bertz CT molecular complexity index is 375. The Labute approximate surface area is 124 Å². The van der Waals surface area contributed by atoms with Crippen molar-refractivity contribution in [3.8, 4) is 0 Å². The van der Waals surface area contributed by atoms with Gasteiger partial charge in [-0.1, -0.05) is 0 Å². The third-order valence-electron chi connectivity index (χ3n) is 3.49. The van der Waals surface area contributed by atoms with Crippen molar-refractivity contribution in [1.29, 1.82) is 0 Å². The lowest BCUT2D eigenvalue weighted by Crippen LogP contribution is -2.48. The fourth-order valence-corrected chi connectivity index (χ4v) is 3.17. The van der Waals surface area contributed by atoms with Gasteiger partial charge in [0, 0.05) is 45.0 Å². The molecule has 0 radical (unpaired) electrons. The molecule has 0 N–H and O–H groups in total. The number of halogens is 1. The van der Waals surface area contributed by atoms with E-state index in [1.165, 1.54) is 5.56 Å². The van der Waals surface area contributed by atoms with Crippen LogP contribution in [0.2, 0.25) is 0 Å². The van der Waals surface area contributed by atoms with E-state index < -0.39 is 0 Å². The zero-order chi connectivity index (χ0) is 13.5. The summed E-state index contributed by atoms with van der Waals surface area (Å²) in [5.41, 5.74) is 1.38. The molecule has 1 aromatic rings. The van der Waals surface area contributed by atoms with Crippen molar-refractivity contribution in [2.45, 2.75) is 25.8 Å². The highest BCUT2D eigenvalue weighted by molar-refractivity contribution is 7.07. The van der Waals surface area contributed by atoms with Crippen LogP contribution in [0.4, 0.5) is 0 Å². The van der Waals surface area contributed by atoms with Crippen molar-refractivity contribution in [1.82, 2.24) is 9.80 Å². The number of unbranched alkanes of at least 4 members (excludes halogenated alkanes) is 1. The lowest BCUT2D eigenvalue weighted by atomic mass is 10.2. The van der Waals surface area contributed by atoms with E-state index in [9.17, 15) is 4.79 Å². The number of thiophene rings is 1. The predicted octanol–water partition coefficient (Wildman–Crippen LogP) is 2.80. The largest absolute Gasteiger partial charge is 0.340 e. The summed E-state index contributed by atoms with van der Waals surface area (Å²) in [6.45, 7) is 4.71. The molecule has 106 valence electrons. The van der Waals surface area contributed by atoms with Gasteiger partial charge >= 0.3 is 0 Å².